The summed E-state index contributed by atoms with van der Waals surface area (Å²) in [4.78, 5) is 4.68. The van der Waals surface area contributed by atoms with Gasteiger partial charge in [0.05, 0.1) is 22.8 Å². The molecule has 0 aliphatic rings. The molecule has 4 rings (SSSR count). The maximum Gasteiger partial charge on any atom is 0.157 e. The quantitative estimate of drug-likeness (QED) is 0.354. The van der Waals surface area contributed by atoms with Crippen molar-refractivity contribution in [2.45, 2.75) is 20.3 Å². The topological polar surface area (TPSA) is 106 Å². The third kappa shape index (κ3) is 3.69. The fraction of sp³-hybridized carbons (Fsp3) is 0.174. The van der Waals surface area contributed by atoms with Crippen molar-refractivity contribution in [2.75, 3.05) is 12.5 Å². The highest BCUT2D eigenvalue weighted by Gasteiger charge is 2.19. The molecule has 152 valence electrons. The van der Waals surface area contributed by atoms with Crippen LogP contribution in [0, 0.1) is 18.3 Å². The minimum absolute atomic E-state index is 0.190. The van der Waals surface area contributed by atoms with Gasteiger partial charge in [0.15, 0.2) is 5.65 Å². The normalized spacial score (nSPS) is 10.8. The Kier molecular flexibility index (Phi) is 6.30. The summed E-state index contributed by atoms with van der Waals surface area (Å²) in [6.07, 6.45) is 2.39. The number of imidazole rings is 1. The molecular weight excluding hydrogens is 378 g/mol. The second-order valence-electron chi connectivity index (χ2n) is 6.52. The van der Waals surface area contributed by atoms with Crippen molar-refractivity contribution in [3.05, 3.63) is 70.8 Å². The molecule has 0 unspecified atom stereocenters. The number of phenols is 1. The summed E-state index contributed by atoms with van der Waals surface area (Å²) in [5.41, 5.74) is 8.79. The van der Waals surface area contributed by atoms with Crippen LogP contribution in [-0.4, -0.2) is 32.9 Å². The smallest absolute Gasteiger partial charge is 0.157 e. The van der Waals surface area contributed by atoms with E-state index in [0.717, 1.165) is 47.1 Å². The van der Waals surface area contributed by atoms with Crippen LogP contribution in [0.15, 0.2) is 53.6 Å². The lowest BCUT2D eigenvalue weighted by Crippen LogP contribution is -2.07. The zero-order valence-electron chi connectivity index (χ0n) is 17.1. The van der Waals surface area contributed by atoms with Crippen LogP contribution in [0.1, 0.15) is 29.2 Å². The second kappa shape index (κ2) is 9.07. The van der Waals surface area contributed by atoms with Crippen molar-refractivity contribution in [1.82, 2.24) is 9.38 Å². The Morgan fingerprint density at radius 3 is 2.67 bits per heavy atom. The first-order valence-electron chi connectivity index (χ1n) is 9.49. The van der Waals surface area contributed by atoms with Gasteiger partial charge < -0.3 is 10.2 Å². The van der Waals surface area contributed by atoms with E-state index in [-0.39, 0.29) is 5.75 Å². The Balaban J connectivity index is 0.00000124. The lowest BCUT2D eigenvalue weighted by atomic mass is 10.0. The number of phenolic OH excluding ortho intramolecular Hbond substituents is 1. The molecule has 2 heterocycles. The highest BCUT2D eigenvalue weighted by molar-refractivity contribution is 5.86. The minimum Gasteiger partial charge on any atom is -0.508 e. The van der Waals surface area contributed by atoms with Crippen LogP contribution < -0.4 is 5.43 Å². The summed E-state index contributed by atoms with van der Waals surface area (Å²) < 4.78 is 1.96. The molecule has 0 spiro atoms. The number of benzene rings is 2. The number of pyridine rings is 1. The van der Waals surface area contributed by atoms with Crippen LogP contribution >= 0.6 is 0 Å². The molecule has 0 radical (unpaired) electrons. The molecule has 0 amide bonds. The van der Waals surface area contributed by atoms with Gasteiger partial charge in [-0.1, -0.05) is 31.2 Å². The van der Waals surface area contributed by atoms with Crippen LogP contribution in [0.3, 0.4) is 0 Å². The monoisotopic (exact) mass is 401 g/mol. The molecule has 0 fully saturated rings. The van der Waals surface area contributed by atoms with Gasteiger partial charge in [0.25, 0.3) is 0 Å². The molecule has 4 aromatic rings. The van der Waals surface area contributed by atoms with Crippen LogP contribution in [0.25, 0.3) is 16.7 Å². The molecule has 0 saturated heterocycles. The minimum atomic E-state index is 0.190. The number of para-hydroxylation sites is 2. The molecule has 30 heavy (non-hydrogen) atoms. The molecule has 0 bridgehead atoms. The Bertz CT molecular complexity index is 1270. The number of rotatable bonds is 4. The van der Waals surface area contributed by atoms with Gasteiger partial charge in [-0.15, -0.1) is 0 Å². The molecule has 3 N–H and O–H groups in total. The highest BCUT2D eigenvalue weighted by atomic mass is 16.3. The van der Waals surface area contributed by atoms with Gasteiger partial charge in [-0.3, -0.25) is 9.83 Å². The van der Waals surface area contributed by atoms with E-state index in [1.165, 1.54) is 0 Å². The Morgan fingerprint density at radius 2 is 1.97 bits per heavy atom. The number of aliphatic hydroxyl groups excluding tert-OH is 1. The van der Waals surface area contributed by atoms with Crippen LogP contribution in [0.5, 0.6) is 5.75 Å². The number of fused-ring (bicyclic) bond motifs is 3. The number of nitrogens with zero attached hydrogens (tertiary/aromatic N) is 4. The van der Waals surface area contributed by atoms with E-state index in [1.54, 1.807) is 24.4 Å². The van der Waals surface area contributed by atoms with Crippen molar-refractivity contribution in [3.8, 4) is 11.8 Å². The summed E-state index contributed by atoms with van der Waals surface area (Å²) in [5.74, 6) is 0.981. The average molecular weight is 401 g/mol. The zero-order chi connectivity index (χ0) is 21.7. The zero-order valence-corrected chi connectivity index (χ0v) is 17.1. The maximum atomic E-state index is 9.73. The summed E-state index contributed by atoms with van der Waals surface area (Å²) in [5, 5.41) is 30.7. The van der Waals surface area contributed by atoms with Gasteiger partial charge >= 0.3 is 0 Å². The first-order chi connectivity index (χ1) is 14.6. The number of nitrogens with one attached hydrogen (secondary N) is 1. The predicted molar refractivity (Wildman–Crippen MR) is 119 cm³/mol. The summed E-state index contributed by atoms with van der Waals surface area (Å²) in [6, 6.07) is 17.0. The first kappa shape index (κ1) is 20.8. The Hall–Kier alpha value is -3.89. The number of hydrazone groups is 1. The van der Waals surface area contributed by atoms with Crippen LogP contribution in [0.2, 0.25) is 0 Å². The van der Waals surface area contributed by atoms with Crippen LogP contribution in [0.4, 0.5) is 5.82 Å². The second-order valence-corrected chi connectivity index (χ2v) is 6.52. The van der Waals surface area contributed by atoms with Crippen molar-refractivity contribution in [3.63, 3.8) is 0 Å². The SMILES string of the molecule is CCc1c(C)c(C#N)c2nc3ccccc3n2c1N/N=C/c1cccc(O)c1.CO. The number of aromatic hydroxyl groups is 1. The van der Waals surface area contributed by atoms with Crippen molar-refractivity contribution in [1.29, 1.82) is 5.26 Å². The number of hydrogen-bond donors (Lipinski definition) is 3. The summed E-state index contributed by atoms with van der Waals surface area (Å²) in [7, 11) is 1.00. The third-order valence-corrected chi connectivity index (χ3v) is 4.84. The van der Waals surface area contributed by atoms with Crippen molar-refractivity contribution in [2.24, 2.45) is 5.10 Å². The summed E-state index contributed by atoms with van der Waals surface area (Å²) >= 11 is 0. The third-order valence-electron chi connectivity index (χ3n) is 4.84. The number of aromatic nitrogens is 2. The molecule has 2 aromatic carbocycles. The highest BCUT2D eigenvalue weighted by Crippen LogP contribution is 2.31. The molecule has 0 aliphatic heterocycles. The molecular formula is C23H23N5O2. The molecule has 0 atom stereocenters. The molecule has 0 aliphatic carbocycles. The Labute approximate surface area is 174 Å². The molecule has 2 aromatic heterocycles. The summed E-state index contributed by atoms with van der Waals surface area (Å²) in [6.45, 7) is 4.00. The predicted octanol–water partition coefficient (Wildman–Crippen LogP) is 3.99. The maximum absolute atomic E-state index is 9.73. The van der Waals surface area contributed by atoms with E-state index in [4.69, 9.17) is 5.11 Å². The van der Waals surface area contributed by atoms with E-state index >= 15 is 0 Å². The number of hydrogen-bond acceptors (Lipinski definition) is 6. The standard InChI is InChI=1S/C22H19N5O.CH4O/c1-3-17-14(2)18(12-23)21-25-19-9-4-5-10-20(19)27(21)22(17)26-24-13-15-7-6-8-16(28)11-15;1-2/h4-11,13,26,28H,3H2,1-2H3;2H,1H3/b24-13+;. The van der Waals surface area contributed by atoms with E-state index < -0.39 is 0 Å². The van der Waals surface area contributed by atoms with Gasteiger partial charge in [-0.2, -0.15) is 10.4 Å². The van der Waals surface area contributed by atoms with Gasteiger partial charge in [-0.25, -0.2) is 4.98 Å². The average Bonchev–Trinajstić information content (AvgIpc) is 3.14. The fourth-order valence-electron chi connectivity index (χ4n) is 3.51. The molecule has 0 saturated carbocycles. The first-order valence-corrected chi connectivity index (χ1v) is 9.49. The lowest BCUT2D eigenvalue weighted by molar-refractivity contribution is 0.399. The number of anilines is 1. The number of nitriles is 1. The van der Waals surface area contributed by atoms with Crippen molar-refractivity contribution >= 4 is 28.7 Å². The van der Waals surface area contributed by atoms with Gasteiger partial charge in [0, 0.05) is 7.11 Å². The van der Waals surface area contributed by atoms with E-state index in [9.17, 15) is 10.4 Å². The van der Waals surface area contributed by atoms with Gasteiger partial charge in [0.1, 0.15) is 17.6 Å². The van der Waals surface area contributed by atoms with Gasteiger partial charge in [-0.05, 0) is 54.3 Å². The van der Waals surface area contributed by atoms with E-state index in [1.807, 2.05) is 41.7 Å². The fourth-order valence-corrected chi connectivity index (χ4v) is 3.51. The van der Waals surface area contributed by atoms with E-state index in [0.29, 0.717) is 11.2 Å². The van der Waals surface area contributed by atoms with Gasteiger partial charge in [0.2, 0.25) is 0 Å². The largest absolute Gasteiger partial charge is 0.508 e. The van der Waals surface area contributed by atoms with Crippen LogP contribution in [-0.2, 0) is 6.42 Å². The van der Waals surface area contributed by atoms with E-state index in [2.05, 4.69) is 28.5 Å². The molecule has 7 nitrogen and oxygen atoms in total. The Morgan fingerprint density at radius 1 is 1.20 bits per heavy atom. The van der Waals surface area contributed by atoms with Crippen molar-refractivity contribution < 1.29 is 10.2 Å². The lowest BCUT2D eigenvalue weighted by Gasteiger charge is -2.15. The number of aliphatic hydroxyl groups is 1. The molecule has 7 heteroatoms.